The Morgan fingerprint density at radius 3 is 2.74 bits per heavy atom. The maximum Gasteiger partial charge on any atom is 0.254 e. The molecule has 1 heterocycles. The number of aryl methyl sites for hydroxylation is 1. The molecule has 100 valence electrons. The van der Waals surface area contributed by atoms with E-state index in [2.05, 4.69) is 28.9 Å². The molecule has 0 aliphatic carbocycles. The van der Waals surface area contributed by atoms with Gasteiger partial charge in [0.25, 0.3) is 5.91 Å². The van der Waals surface area contributed by atoms with Gasteiger partial charge >= 0.3 is 0 Å². The van der Waals surface area contributed by atoms with Gasteiger partial charge in [-0.25, -0.2) is 0 Å². The van der Waals surface area contributed by atoms with Crippen molar-refractivity contribution in [1.29, 1.82) is 0 Å². The predicted octanol–water partition coefficient (Wildman–Crippen LogP) is 4.35. The molecule has 4 heteroatoms. The average Bonchev–Trinajstić information content (AvgIpc) is 2.83. The zero-order chi connectivity index (χ0) is 13.8. The lowest BCUT2D eigenvalue weighted by molar-refractivity contribution is 0.0785. The van der Waals surface area contributed by atoms with Crippen LogP contribution in [0, 0.1) is 0 Å². The fraction of sp³-hybridized carbons (Fsp3) is 0.267. The van der Waals surface area contributed by atoms with E-state index in [0.29, 0.717) is 6.54 Å². The number of nitrogens with zero attached hydrogens (tertiary/aromatic N) is 1. The number of amides is 1. The van der Waals surface area contributed by atoms with Crippen LogP contribution in [0.4, 0.5) is 0 Å². The molecular formula is C15H16BrNOS. The Morgan fingerprint density at radius 1 is 1.37 bits per heavy atom. The lowest BCUT2D eigenvalue weighted by Crippen LogP contribution is -2.26. The molecular weight excluding hydrogens is 322 g/mol. The normalized spacial score (nSPS) is 10.5. The van der Waals surface area contributed by atoms with Crippen LogP contribution in [0.5, 0.6) is 0 Å². The van der Waals surface area contributed by atoms with E-state index in [1.807, 2.05) is 36.7 Å². The van der Waals surface area contributed by atoms with E-state index in [1.165, 1.54) is 4.88 Å². The number of benzene rings is 1. The summed E-state index contributed by atoms with van der Waals surface area (Å²) in [4.78, 5) is 15.4. The summed E-state index contributed by atoms with van der Waals surface area (Å²) in [6, 6.07) is 9.87. The third kappa shape index (κ3) is 3.45. The summed E-state index contributed by atoms with van der Waals surface area (Å²) in [5.74, 6) is 0.0852. The highest BCUT2D eigenvalue weighted by Gasteiger charge is 2.15. The van der Waals surface area contributed by atoms with Gasteiger partial charge in [0.1, 0.15) is 0 Å². The van der Waals surface area contributed by atoms with Crippen molar-refractivity contribution in [2.75, 3.05) is 7.05 Å². The second-order valence-corrected chi connectivity index (χ2v) is 6.31. The standard InChI is InChI=1S/C15H16BrNOS/c1-3-11-6-4-5-7-14(11)15(18)17(2)9-13-8-12(16)10-19-13/h4-8,10H,3,9H2,1-2H3. The molecule has 0 aliphatic rings. The lowest BCUT2D eigenvalue weighted by atomic mass is 10.0. The van der Waals surface area contributed by atoms with E-state index in [9.17, 15) is 4.79 Å². The fourth-order valence-corrected chi connectivity index (χ4v) is 3.49. The molecule has 1 aromatic heterocycles. The van der Waals surface area contributed by atoms with Gasteiger partial charge in [-0.1, -0.05) is 25.1 Å². The van der Waals surface area contributed by atoms with Crippen LogP contribution in [0.1, 0.15) is 27.7 Å². The van der Waals surface area contributed by atoms with Gasteiger partial charge in [0.15, 0.2) is 0 Å². The maximum atomic E-state index is 12.5. The SMILES string of the molecule is CCc1ccccc1C(=O)N(C)Cc1cc(Br)cs1. The molecule has 0 N–H and O–H groups in total. The third-order valence-electron chi connectivity index (χ3n) is 2.99. The van der Waals surface area contributed by atoms with Crippen LogP contribution in [-0.2, 0) is 13.0 Å². The van der Waals surface area contributed by atoms with Gasteiger partial charge in [-0.15, -0.1) is 11.3 Å². The van der Waals surface area contributed by atoms with E-state index < -0.39 is 0 Å². The largest absolute Gasteiger partial charge is 0.337 e. The van der Waals surface area contributed by atoms with Crippen molar-refractivity contribution in [3.05, 3.63) is 56.2 Å². The Bertz CT molecular complexity index is 579. The molecule has 2 aromatic rings. The van der Waals surface area contributed by atoms with Crippen LogP contribution in [0.3, 0.4) is 0 Å². The van der Waals surface area contributed by atoms with E-state index in [0.717, 1.165) is 22.0 Å². The second-order valence-electron chi connectivity index (χ2n) is 4.40. The van der Waals surface area contributed by atoms with Gasteiger partial charge in [-0.05, 0) is 40.0 Å². The quantitative estimate of drug-likeness (QED) is 0.812. The Hall–Kier alpha value is -1.13. The number of hydrogen-bond donors (Lipinski definition) is 0. The van der Waals surface area contributed by atoms with Gasteiger partial charge < -0.3 is 4.90 Å². The molecule has 1 amide bonds. The van der Waals surface area contributed by atoms with Crippen LogP contribution in [0.15, 0.2) is 40.2 Å². The first-order valence-corrected chi connectivity index (χ1v) is 7.85. The van der Waals surface area contributed by atoms with Crippen molar-refractivity contribution in [3.8, 4) is 0 Å². The lowest BCUT2D eigenvalue weighted by Gasteiger charge is -2.18. The predicted molar refractivity (Wildman–Crippen MR) is 83.6 cm³/mol. The molecule has 0 saturated carbocycles. The summed E-state index contributed by atoms with van der Waals surface area (Å²) >= 11 is 5.09. The number of carbonyl (C=O) groups is 1. The number of hydrogen-bond acceptors (Lipinski definition) is 2. The first kappa shape index (κ1) is 14.3. The zero-order valence-corrected chi connectivity index (χ0v) is 13.4. The highest BCUT2D eigenvalue weighted by molar-refractivity contribution is 9.10. The fourth-order valence-electron chi connectivity index (χ4n) is 1.99. The molecule has 0 radical (unpaired) electrons. The smallest absolute Gasteiger partial charge is 0.254 e. The van der Waals surface area contributed by atoms with Gasteiger partial charge in [0.2, 0.25) is 0 Å². The van der Waals surface area contributed by atoms with Crippen molar-refractivity contribution in [2.24, 2.45) is 0 Å². The second kappa shape index (κ2) is 6.35. The van der Waals surface area contributed by atoms with E-state index in [1.54, 1.807) is 16.2 Å². The minimum atomic E-state index is 0.0852. The Morgan fingerprint density at radius 2 is 2.11 bits per heavy atom. The summed E-state index contributed by atoms with van der Waals surface area (Å²) in [6.45, 7) is 2.72. The van der Waals surface area contributed by atoms with Crippen molar-refractivity contribution in [1.82, 2.24) is 4.90 Å². The molecule has 19 heavy (non-hydrogen) atoms. The summed E-state index contributed by atoms with van der Waals surface area (Å²) < 4.78 is 1.07. The molecule has 0 saturated heterocycles. The van der Waals surface area contributed by atoms with Crippen LogP contribution in [-0.4, -0.2) is 17.9 Å². The molecule has 0 bridgehead atoms. The van der Waals surface area contributed by atoms with E-state index >= 15 is 0 Å². The molecule has 2 rings (SSSR count). The minimum Gasteiger partial charge on any atom is -0.337 e. The monoisotopic (exact) mass is 337 g/mol. The topological polar surface area (TPSA) is 20.3 Å². The van der Waals surface area contributed by atoms with Gasteiger partial charge in [-0.3, -0.25) is 4.79 Å². The van der Waals surface area contributed by atoms with Crippen LogP contribution in [0.2, 0.25) is 0 Å². The molecule has 0 fully saturated rings. The molecule has 0 unspecified atom stereocenters. The van der Waals surface area contributed by atoms with Crippen LogP contribution in [0.25, 0.3) is 0 Å². The molecule has 1 aromatic carbocycles. The summed E-state index contributed by atoms with van der Waals surface area (Å²) in [6.07, 6.45) is 0.875. The zero-order valence-electron chi connectivity index (χ0n) is 11.0. The van der Waals surface area contributed by atoms with Crippen LogP contribution < -0.4 is 0 Å². The van der Waals surface area contributed by atoms with E-state index in [4.69, 9.17) is 0 Å². The van der Waals surface area contributed by atoms with Crippen LogP contribution >= 0.6 is 27.3 Å². The number of thiophene rings is 1. The van der Waals surface area contributed by atoms with Crippen molar-refractivity contribution in [3.63, 3.8) is 0 Å². The Balaban J connectivity index is 2.14. The van der Waals surface area contributed by atoms with E-state index in [-0.39, 0.29) is 5.91 Å². The Kier molecular flexibility index (Phi) is 4.77. The average molecular weight is 338 g/mol. The number of halogens is 1. The van der Waals surface area contributed by atoms with Crippen molar-refractivity contribution < 1.29 is 4.79 Å². The Labute approximate surface area is 126 Å². The van der Waals surface area contributed by atoms with Crippen molar-refractivity contribution >= 4 is 33.2 Å². The first-order chi connectivity index (χ1) is 9.11. The first-order valence-electron chi connectivity index (χ1n) is 6.18. The minimum absolute atomic E-state index is 0.0852. The molecule has 0 spiro atoms. The third-order valence-corrected chi connectivity index (χ3v) is 4.67. The highest BCUT2D eigenvalue weighted by Crippen LogP contribution is 2.21. The molecule has 0 atom stereocenters. The summed E-state index contributed by atoms with van der Waals surface area (Å²) in [5, 5.41) is 2.04. The highest BCUT2D eigenvalue weighted by atomic mass is 79.9. The van der Waals surface area contributed by atoms with Gasteiger partial charge in [-0.2, -0.15) is 0 Å². The van der Waals surface area contributed by atoms with Crippen molar-refractivity contribution in [2.45, 2.75) is 19.9 Å². The molecule has 0 aliphatic heterocycles. The van der Waals surface area contributed by atoms with Gasteiger partial charge in [0, 0.05) is 27.3 Å². The molecule has 2 nitrogen and oxygen atoms in total. The van der Waals surface area contributed by atoms with Gasteiger partial charge in [0.05, 0.1) is 6.54 Å². The summed E-state index contributed by atoms with van der Waals surface area (Å²) in [5.41, 5.74) is 1.91. The number of rotatable bonds is 4. The maximum absolute atomic E-state index is 12.5. The number of carbonyl (C=O) groups excluding carboxylic acids is 1. The summed E-state index contributed by atoms with van der Waals surface area (Å²) in [7, 11) is 1.85.